The van der Waals surface area contributed by atoms with Crippen molar-refractivity contribution in [1.29, 1.82) is 5.26 Å². The summed E-state index contributed by atoms with van der Waals surface area (Å²) in [5.74, 6) is 0.807. The molecule has 2 rings (SSSR count). The zero-order valence-electron chi connectivity index (χ0n) is 10.9. The molecule has 0 aromatic heterocycles. The highest BCUT2D eigenvalue weighted by molar-refractivity contribution is 5.61. The topological polar surface area (TPSA) is 79.0 Å². The van der Waals surface area contributed by atoms with E-state index in [9.17, 15) is 10.1 Å². The van der Waals surface area contributed by atoms with Crippen molar-refractivity contribution in [2.45, 2.75) is 38.6 Å². The lowest BCUT2D eigenvalue weighted by atomic mass is 10.1. The van der Waals surface area contributed by atoms with Crippen LogP contribution in [0.1, 0.15) is 38.2 Å². The minimum absolute atomic E-state index is 0.0441. The van der Waals surface area contributed by atoms with Crippen molar-refractivity contribution >= 4 is 11.4 Å². The largest absolute Gasteiger partial charge is 0.381 e. The van der Waals surface area contributed by atoms with E-state index in [0.717, 1.165) is 18.8 Å². The summed E-state index contributed by atoms with van der Waals surface area (Å²) in [4.78, 5) is 10.2. The summed E-state index contributed by atoms with van der Waals surface area (Å²) in [5, 5.41) is 23.1. The third-order valence-electron chi connectivity index (χ3n) is 3.50. The SMILES string of the molecule is CCC(CC1CC1)Nc1ccc([N+](=O)[O-])cc1C#N. The number of benzene rings is 1. The van der Waals surface area contributed by atoms with Crippen molar-refractivity contribution in [3.05, 3.63) is 33.9 Å². The summed E-state index contributed by atoms with van der Waals surface area (Å²) >= 11 is 0. The Bertz CT molecular complexity index is 518. The van der Waals surface area contributed by atoms with Gasteiger partial charge in [0.1, 0.15) is 6.07 Å². The molecule has 1 aliphatic rings. The summed E-state index contributed by atoms with van der Waals surface area (Å²) in [6, 6.07) is 6.75. The average molecular weight is 259 g/mol. The van der Waals surface area contributed by atoms with Crippen LogP contribution in [0.5, 0.6) is 0 Å². The zero-order chi connectivity index (χ0) is 13.8. The van der Waals surface area contributed by atoms with Gasteiger partial charge in [0.15, 0.2) is 0 Å². The number of hydrogen-bond acceptors (Lipinski definition) is 4. The van der Waals surface area contributed by atoms with E-state index < -0.39 is 4.92 Å². The lowest BCUT2D eigenvalue weighted by Crippen LogP contribution is -2.19. The maximum absolute atomic E-state index is 10.7. The second kappa shape index (κ2) is 5.70. The summed E-state index contributed by atoms with van der Waals surface area (Å²) in [6.45, 7) is 2.11. The Morgan fingerprint density at radius 3 is 2.84 bits per heavy atom. The number of nitrogens with zero attached hydrogens (tertiary/aromatic N) is 2. The summed E-state index contributed by atoms with van der Waals surface area (Å²) in [6.07, 6.45) is 4.68. The van der Waals surface area contributed by atoms with Crippen LogP contribution in [0.3, 0.4) is 0 Å². The number of nitriles is 1. The van der Waals surface area contributed by atoms with Gasteiger partial charge in [-0.3, -0.25) is 10.1 Å². The number of anilines is 1. The molecule has 0 bridgehead atoms. The maximum atomic E-state index is 10.7. The molecule has 1 atom stereocenters. The first-order chi connectivity index (χ1) is 9.13. The minimum atomic E-state index is -0.480. The predicted octanol–water partition coefficient (Wildman–Crippen LogP) is 3.46. The van der Waals surface area contributed by atoms with Crippen molar-refractivity contribution in [2.24, 2.45) is 5.92 Å². The smallest absolute Gasteiger partial charge is 0.270 e. The standard InChI is InChI=1S/C14H17N3O2/c1-2-12(7-10-3-4-10)16-14-6-5-13(17(18)19)8-11(14)9-15/h5-6,8,10,12,16H,2-4,7H2,1H3. The Morgan fingerprint density at radius 1 is 1.58 bits per heavy atom. The van der Waals surface area contributed by atoms with Crippen LogP contribution in [0, 0.1) is 27.4 Å². The van der Waals surface area contributed by atoms with Crippen LogP contribution in [0.2, 0.25) is 0 Å². The van der Waals surface area contributed by atoms with E-state index in [1.54, 1.807) is 6.07 Å². The molecule has 1 N–H and O–H groups in total. The first-order valence-electron chi connectivity index (χ1n) is 6.59. The van der Waals surface area contributed by atoms with E-state index in [0.29, 0.717) is 17.3 Å². The molecule has 1 aromatic rings. The second-order valence-corrected chi connectivity index (χ2v) is 5.03. The Labute approximate surface area is 112 Å². The number of rotatable bonds is 6. The monoisotopic (exact) mass is 259 g/mol. The lowest BCUT2D eigenvalue weighted by molar-refractivity contribution is -0.384. The van der Waals surface area contributed by atoms with Gasteiger partial charge in [0, 0.05) is 18.2 Å². The Hall–Kier alpha value is -2.09. The summed E-state index contributed by atoms with van der Waals surface area (Å²) in [5.41, 5.74) is 0.987. The number of nitro benzene ring substituents is 1. The van der Waals surface area contributed by atoms with Crippen LogP contribution in [0.4, 0.5) is 11.4 Å². The molecule has 5 nitrogen and oxygen atoms in total. The van der Waals surface area contributed by atoms with Crippen LogP contribution in [-0.2, 0) is 0 Å². The molecule has 1 saturated carbocycles. The van der Waals surface area contributed by atoms with Gasteiger partial charge in [0.25, 0.3) is 5.69 Å². The van der Waals surface area contributed by atoms with E-state index >= 15 is 0 Å². The molecule has 0 aliphatic heterocycles. The number of non-ortho nitro benzene ring substituents is 1. The van der Waals surface area contributed by atoms with Gasteiger partial charge in [-0.15, -0.1) is 0 Å². The molecule has 0 spiro atoms. The number of nitrogens with one attached hydrogen (secondary N) is 1. The first kappa shape index (κ1) is 13.3. The highest BCUT2D eigenvalue weighted by atomic mass is 16.6. The molecule has 0 radical (unpaired) electrons. The molecule has 1 unspecified atom stereocenters. The fourth-order valence-corrected chi connectivity index (χ4v) is 2.17. The van der Waals surface area contributed by atoms with Crippen molar-refractivity contribution in [3.63, 3.8) is 0 Å². The van der Waals surface area contributed by atoms with Crippen molar-refractivity contribution in [2.75, 3.05) is 5.32 Å². The minimum Gasteiger partial charge on any atom is -0.381 e. The van der Waals surface area contributed by atoms with Crippen LogP contribution < -0.4 is 5.32 Å². The summed E-state index contributed by atoms with van der Waals surface area (Å²) in [7, 11) is 0. The van der Waals surface area contributed by atoms with Gasteiger partial charge in [-0.05, 0) is 24.8 Å². The fourth-order valence-electron chi connectivity index (χ4n) is 2.17. The van der Waals surface area contributed by atoms with Gasteiger partial charge in [-0.25, -0.2) is 0 Å². The van der Waals surface area contributed by atoms with Crippen molar-refractivity contribution < 1.29 is 4.92 Å². The van der Waals surface area contributed by atoms with Gasteiger partial charge in [0.05, 0.1) is 16.2 Å². The molecular weight excluding hydrogens is 242 g/mol. The van der Waals surface area contributed by atoms with Crippen molar-refractivity contribution in [3.8, 4) is 6.07 Å². The van der Waals surface area contributed by atoms with E-state index in [1.807, 2.05) is 6.07 Å². The molecule has 0 saturated heterocycles. The molecule has 100 valence electrons. The highest BCUT2D eigenvalue weighted by Crippen LogP contribution is 2.35. The molecule has 0 amide bonds. The van der Waals surface area contributed by atoms with E-state index in [-0.39, 0.29) is 5.69 Å². The average Bonchev–Trinajstić information content (AvgIpc) is 3.22. The third-order valence-corrected chi connectivity index (χ3v) is 3.50. The van der Waals surface area contributed by atoms with Crippen LogP contribution in [-0.4, -0.2) is 11.0 Å². The first-order valence-corrected chi connectivity index (χ1v) is 6.59. The van der Waals surface area contributed by atoms with E-state index in [1.165, 1.54) is 25.0 Å². The second-order valence-electron chi connectivity index (χ2n) is 5.03. The van der Waals surface area contributed by atoms with Gasteiger partial charge >= 0.3 is 0 Å². The molecule has 0 heterocycles. The van der Waals surface area contributed by atoms with Crippen LogP contribution in [0.15, 0.2) is 18.2 Å². The van der Waals surface area contributed by atoms with Gasteiger partial charge < -0.3 is 5.32 Å². The molecule has 5 heteroatoms. The number of hydrogen-bond donors (Lipinski definition) is 1. The molecule has 19 heavy (non-hydrogen) atoms. The van der Waals surface area contributed by atoms with Crippen molar-refractivity contribution in [1.82, 2.24) is 0 Å². The predicted molar refractivity (Wildman–Crippen MR) is 72.9 cm³/mol. The van der Waals surface area contributed by atoms with E-state index in [4.69, 9.17) is 5.26 Å². The summed E-state index contributed by atoms with van der Waals surface area (Å²) < 4.78 is 0. The number of nitro groups is 1. The molecule has 1 fully saturated rings. The van der Waals surface area contributed by atoms with E-state index in [2.05, 4.69) is 12.2 Å². The highest BCUT2D eigenvalue weighted by Gasteiger charge is 2.25. The fraction of sp³-hybridized carbons (Fsp3) is 0.500. The molecule has 1 aliphatic carbocycles. The maximum Gasteiger partial charge on any atom is 0.270 e. The molecule has 1 aromatic carbocycles. The lowest BCUT2D eigenvalue weighted by Gasteiger charge is -2.18. The quantitative estimate of drug-likeness (QED) is 0.626. The Morgan fingerprint density at radius 2 is 2.32 bits per heavy atom. The van der Waals surface area contributed by atoms with Gasteiger partial charge in [-0.1, -0.05) is 19.8 Å². The van der Waals surface area contributed by atoms with Gasteiger partial charge in [0.2, 0.25) is 0 Å². The normalized spacial score (nSPS) is 15.6. The Kier molecular flexibility index (Phi) is 4.00. The van der Waals surface area contributed by atoms with Crippen LogP contribution in [0.25, 0.3) is 0 Å². The molecular formula is C14H17N3O2. The Balaban J connectivity index is 2.14. The van der Waals surface area contributed by atoms with Gasteiger partial charge in [-0.2, -0.15) is 5.26 Å². The third kappa shape index (κ3) is 3.44. The van der Waals surface area contributed by atoms with Crippen LogP contribution >= 0.6 is 0 Å². The zero-order valence-corrected chi connectivity index (χ0v) is 10.9.